The zero-order valence-corrected chi connectivity index (χ0v) is 10.2. The van der Waals surface area contributed by atoms with Crippen molar-refractivity contribution in [1.29, 1.82) is 0 Å². The molecule has 0 bridgehead atoms. The lowest BCUT2D eigenvalue weighted by Gasteiger charge is -2.20. The normalized spacial score (nSPS) is 17.3. The van der Waals surface area contributed by atoms with Crippen molar-refractivity contribution in [3.8, 4) is 0 Å². The Balaban J connectivity index is 1.97. The molecule has 4 heteroatoms. The van der Waals surface area contributed by atoms with Gasteiger partial charge in [0.1, 0.15) is 6.61 Å². The molecule has 0 radical (unpaired) electrons. The summed E-state index contributed by atoms with van der Waals surface area (Å²) in [6, 6.07) is 0. The monoisotopic (exact) mass is 229 g/mol. The Morgan fingerprint density at radius 2 is 2.00 bits per heavy atom. The van der Waals surface area contributed by atoms with Gasteiger partial charge in [-0.1, -0.05) is 13.3 Å². The molecule has 0 saturated carbocycles. The van der Waals surface area contributed by atoms with Gasteiger partial charge in [-0.3, -0.25) is 4.79 Å². The summed E-state index contributed by atoms with van der Waals surface area (Å²) in [6.45, 7) is 5.66. The molecule has 1 N–H and O–H groups in total. The summed E-state index contributed by atoms with van der Waals surface area (Å²) in [5.74, 6) is 0.0393. The lowest BCUT2D eigenvalue weighted by atomic mass is 9.99. The van der Waals surface area contributed by atoms with Crippen LogP contribution in [-0.2, 0) is 14.3 Å². The molecule has 0 spiro atoms. The molecular weight excluding hydrogens is 206 g/mol. The standard InChI is InChI=1S/C12H23NO3/c1-2-3-8-15-9-10-16-12(14)11-4-6-13-7-5-11/h11,13H,2-10H2,1H3. The van der Waals surface area contributed by atoms with Crippen LogP contribution in [0.25, 0.3) is 0 Å². The van der Waals surface area contributed by atoms with E-state index < -0.39 is 0 Å². The molecule has 0 aromatic rings. The summed E-state index contributed by atoms with van der Waals surface area (Å²) in [5.41, 5.74) is 0. The minimum atomic E-state index is -0.0550. The van der Waals surface area contributed by atoms with Crippen LogP contribution in [0.15, 0.2) is 0 Å². The third kappa shape index (κ3) is 5.47. The van der Waals surface area contributed by atoms with Crippen molar-refractivity contribution in [3.63, 3.8) is 0 Å². The van der Waals surface area contributed by atoms with Gasteiger partial charge in [-0.05, 0) is 32.4 Å². The van der Waals surface area contributed by atoms with Gasteiger partial charge in [0.25, 0.3) is 0 Å². The lowest BCUT2D eigenvalue weighted by Crippen LogP contribution is -2.33. The van der Waals surface area contributed by atoms with Gasteiger partial charge in [-0.15, -0.1) is 0 Å². The molecule has 1 fully saturated rings. The van der Waals surface area contributed by atoms with E-state index in [0.29, 0.717) is 13.2 Å². The second kappa shape index (κ2) is 8.53. The molecule has 1 aliphatic rings. The predicted molar refractivity (Wildman–Crippen MR) is 62.3 cm³/mol. The fourth-order valence-electron chi connectivity index (χ4n) is 1.73. The molecule has 1 heterocycles. The van der Waals surface area contributed by atoms with Gasteiger partial charge >= 0.3 is 5.97 Å². The van der Waals surface area contributed by atoms with E-state index in [1.165, 1.54) is 0 Å². The van der Waals surface area contributed by atoms with E-state index in [-0.39, 0.29) is 11.9 Å². The van der Waals surface area contributed by atoms with E-state index in [1.807, 2.05) is 0 Å². The van der Waals surface area contributed by atoms with E-state index in [0.717, 1.165) is 45.4 Å². The minimum absolute atomic E-state index is 0.0550. The maximum Gasteiger partial charge on any atom is 0.309 e. The highest BCUT2D eigenvalue weighted by molar-refractivity contribution is 5.72. The van der Waals surface area contributed by atoms with Gasteiger partial charge < -0.3 is 14.8 Å². The summed E-state index contributed by atoms with van der Waals surface area (Å²) >= 11 is 0. The van der Waals surface area contributed by atoms with Gasteiger partial charge in [0.2, 0.25) is 0 Å². The zero-order chi connectivity index (χ0) is 11.6. The molecule has 0 aliphatic carbocycles. The quantitative estimate of drug-likeness (QED) is 0.529. The Labute approximate surface area is 97.7 Å². The smallest absolute Gasteiger partial charge is 0.309 e. The molecule has 1 saturated heterocycles. The number of rotatable bonds is 7. The summed E-state index contributed by atoms with van der Waals surface area (Å²) in [5, 5.41) is 3.23. The average molecular weight is 229 g/mol. The highest BCUT2D eigenvalue weighted by Crippen LogP contribution is 2.13. The van der Waals surface area contributed by atoms with Crippen LogP contribution in [0.5, 0.6) is 0 Å². The van der Waals surface area contributed by atoms with Gasteiger partial charge in [0, 0.05) is 6.61 Å². The van der Waals surface area contributed by atoms with Crippen LogP contribution in [0.4, 0.5) is 0 Å². The molecule has 16 heavy (non-hydrogen) atoms. The number of carbonyl (C=O) groups is 1. The molecule has 1 rings (SSSR count). The van der Waals surface area contributed by atoms with Crippen LogP contribution in [0.1, 0.15) is 32.6 Å². The van der Waals surface area contributed by atoms with Crippen LogP contribution >= 0.6 is 0 Å². The Hall–Kier alpha value is -0.610. The number of nitrogens with one attached hydrogen (secondary N) is 1. The number of esters is 1. The van der Waals surface area contributed by atoms with E-state index in [2.05, 4.69) is 12.2 Å². The highest BCUT2D eigenvalue weighted by Gasteiger charge is 2.21. The molecule has 4 nitrogen and oxygen atoms in total. The highest BCUT2D eigenvalue weighted by atomic mass is 16.6. The van der Waals surface area contributed by atoms with Crippen LogP contribution in [0, 0.1) is 5.92 Å². The summed E-state index contributed by atoms with van der Waals surface area (Å²) in [7, 11) is 0. The van der Waals surface area contributed by atoms with Crippen molar-refractivity contribution in [2.45, 2.75) is 32.6 Å². The Morgan fingerprint density at radius 3 is 2.69 bits per heavy atom. The third-order valence-corrected chi connectivity index (χ3v) is 2.79. The Morgan fingerprint density at radius 1 is 1.25 bits per heavy atom. The lowest BCUT2D eigenvalue weighted by molar-refractivity contribution is -0.151. The van der Waals surface area contributed by atoms with Crippen molar-refractivity contribution in [2.24, 2.45) is 5.92 Å². The second-order valence-electron chi connectivity index (χ2n) is 4.16. The number of unbranched alkanes of at least 4 members (excludes halogenated alkanes) is 1. The van der Waals surface area contributed by atoms with Crippen molar-refractivity contribution >= 4 is 5.97 Å². The number of carbonyl (C=O) groups excluding carboxylic acids is 1. The van der Waals surface area contributed by atoms with Gasteiger partial charge in [0.05, 0.1) is 12.5 Å². The SMILES string of the molecule is CCCCOCCOC(=O)C1CCNCC1. The maximum absolute atomic E-state index is 11.6. The molecule has 1 aliphatic heterocycles. The summed E-state index contributed by atoms with van der Waals surface area (Å²) < 4.78 is 10.5. The first kappa shape index (κ1) is 13.5. The summed E-state index contributed by atoms with van der Waals surface area (Å²) in [6.07, 6.45) is 4.00. The first-order chi connectivity index (χ1) is 7.84. The van der Waals surface area contributed by atoms with Crippen molar-refractivity contribution in [2.75, 3.05) is 32.9 Å². The molecule has 0 amide bonds. The van der Waals surface area contributed by atoms with E-state index >= 15 is 0 Å². The van der Waals surface area contributed by atoms with Crippen LogP contribution in [0.3, 0.4) is 0 Å². The van der Waals surface area contributed by atoms with Crippen molar-refractivity contribution < 1.29 is 14.3 Å². The van der Waals surface area contributed by atoms with E-state index in [4.69, 9.17) is 9.47 Å². The Bertz CT molecular complexity index is 191. The molecule has 0 unspecified atom stereocenters. The number of ether oxygens (including phenoxy) is 2. The fourth-order valence-corrected chi connectivity index (χ4v) is 1.73. The number of piperidine rings is 1. The zero-order valence-electron chi connectivity index (χ0n) is 10.2. The first-order valence-corrected chi connectivity index (χ1v) is 6.29. The Kier molecular flexibility index (Phi) is 7.17. The van der Waals surface area contributed by atoms with E-state index in [9.17, 15) is 4.79 Å². The maximum atomic E-state index is 11.6. The summed E-state index contributed by atoms with van der Waals surface area (Å²) in [4.78, 5) is 11.6. The molecule has 0 aromatic carbocycles. The molecular formula is C12H23NO3. The average Bonchev–Trinajstić information content (AvgIpc) is 2.34. The van der Waals surface area contributed by atoms with E-state index in [1.54, 1.807) is 0 Å². The predicted octanol–water partition coefficient (Wildman–Crippen LogP) is 1.35. The van der Waals surface area contributed by atoms with Gasteiger partial charge in [-0.2, -0.15) is 0 Å². The topological polar surface area (TPSA) is 47.6 Å². The molecule has 94 valence electrons. The van der Waals surface area contributed by atoms with Crippen molar-refractivity contribution in [1.82, 2.24) is 5.32 Å². The van der Waals surface area contributed by atoms with Crippen LogP contribution < -0.4 is 5.32 Å². The first-order valence-electron chi connectivity index (χ1n) is 6.29. The van der Waals surface area contributed by atoms with Crippen LogP contribution in [-0.4, -0.2) is 38.9 Å². The number of hydrogen-bond acceptors (Lipinski definition) is 4. The van der Waals surface area contributed by atoms with Crippen LogP contribution in [0.2, 0.25) is 0 Å². The number of hydrogen-bond donors (Lipinski definition) is 1. The molecule has 0 atom stereocenters. The minimum Gasteiger partial charge on any atom is -0.463 e. The third-order valence-electron chi connectivity index (χ3n) is 2.79. The largest absolute Gasteiger partial charge is 0.463 e. The van der Waals surface area contributed by atoms with Gasteiger partial charge in [0.15, 0.2) is 0 Å². The van der Waals surface area contributed by atoms with Crippen molar-refractivity contribution in [3.05, 3.63) is 0 Å². The fraction of sp³-hybridized carbons (Fsp3) is 0.917. The van der Waals surface area contributed by atoms with Gasteiger partial charge in [-0.25, -0.2) is 0 Å². The second-order valence-corrected chi connectivity index (χ2v) is 4.16. The molecule has 0 aromatic heterocycles.